The molecule has 238 valence electrons. The molecule has 0 aliphatic rings. The molecule has 0 bridgehead atoms. The highest BCUT2D eigenvalue weighted by Crippen LogP contribution is 2.10. The first-order valence-electron chi connectivity index (χ1n) is 14.8. The summed E-state index contributed by atoms with van der Waals surface area (Å²) in [5, 5.41) is 7.09. The Bertz CT molecular complexity index is 1430. The fraction of sp³-hybridized carbons (Fsp3) is 0.441. The van der Waals surface area contributed by atoms with E-state index in [1.54, 1.807) is 24.9 Å². The van der Waals surface area contributed by atoms with Crippen molar-refractivity contribution in [3.05, 3.63) is 99.0 Å². The van der Waals surface area contributed by atoms with Crippen LogP contribution < -0.4 is 10.9 Å². The van der Waals surface area contributed by atoms with Gasteiger partial charge in [-0.1, -0.05) is 42.0 Å². The summed E-state index contributed by atoms with van der Waals surface area (Å²) in [6, 6.07) is 18.2. The Balaban J connectivity index is 0.000000308. The van der Waals surface area contributed by atoms with Crippen LogP contribution in [-0.2, 0) is 27.2 Å². The lowest BCUT2D eigenvalue weighted by Crippen LogP contribution is -2.35. The lowest BCUT2D eigenvalue weighted by atomic mass is 10.1. The molecule has 0 aliphatic carbocycles. The van der Waals surface area contributed by atoms with Crippen molar-refractivity contribution in [2.24, 2.45) is 0 Å². The highest BCUT2D eigenvalue weighted by atomic mass is 16.6. The predicted molar refractivity (Wildman–Crippen MR) is 171 cm³/mol. The van der Waals surface area contributed by atoms with E-state index in [0.29, 0.717) is 31.8 Å². The topological polar surface area (TPSA) is 120 Å². The molecule has 3 aromatic rings. The Morgan fingerprint density at radius 1 is 0.955 bits per heavy atom. The normalized spacial score (nSPS) is 10.7. The van der Waals surface area contributed by atoms with Crippen LogP contribution in [0.3, 0.4) is 0 Å². The van der Waals surface area contributed by atoms with Gasteiger partial charge in [0.2, 0.25) is 0 Å². The number of hydrogen-bond acceptors (Lipinski definition) is 7. The van der Waals surface area contributed by atoms with Crippen LogP contribution in [0.5, 0.6) is 0 Å². The van der Waals surface area contributed by atoms with Crippen LogP contribution in [0.15, 0.2) is 65.5 Å². The van der Waals surface area contributed by atoms with E-state index >= 15 is 0 Å². The van der Waals surface area contributed by atoms with Crippen LogP contribution >= 0.6 is 0 Å². The number of amides is 2. The summed E-state index contributed by atoms with van der Waals surface area (Å²) in [6.07, 6.45) is 1.54. The van der Waals surface area contributed by atoms with Gasteiger partial charge in [0.1, 0.15) is 5.60 Å². The number of carbonyl (C=O) groups excluding carboxylic acids is 3. The van der Waals surface area contributed by atoms with Gasteiger partial charge in [0.15, 0.2) is 0 Å². The number of benzene rings is 2. The second kappa shape index (κ2) is 17.6. The third-order valence-corrected chi connectivity index (χ3v) is 6.20. The minimum Gasteiger partial charge on any atom is -0.466 e. The van der Waals surface area contributed by atoms with Gasteiger partial charge in [-0.2, -0.15) is 5.10 Å². The number of rotatable bonds is 11. The summed E-state index contributed by atoms with van der Waals surface area (Å²) in [5.74, 6) is -0.314. The van der Waals surface area contributed by atoms with Gasteiger partial charge >= 0.3 is 12.1 Å². The number of nitrogens with zero attached hydrogens (tertiary/aromatic N) is 3. The standard InChI is InChI=1S/C18H28N2O3.C16H18N2O3/c1-14-8-10-15(11-9-14)16(21)19-12-6-7-13-20(5)17(22)23-18(2,3)4;1-3-21-16(20)10-13-5-4-6-14(9-13)11-18-15(19)8-7-12(2)17-18/h8-11H,6-7,12-13H2,1-5H3,(H,19,21);4-9H,3,10-11H2,1-2H3. The number of aryl methyl sites for hydroxylation is 2. The van der Waals surface area contributed by atoms with Crippen LogP contribution in [0.25, 0.3) is 0 Å². The van der Waals surface area contributed by atoms with Crippen molar-refractivity contribution in [1.82, 2.24) is 20.0 Å². The van der Waals surface area contributed by atoms with Crippen molar-refractivity contribution in [2.75, 3.05) is 26.7 Å². The van der Waals surface area contributed by atoms with Crippen LogP contribution in [0.1, 0.15) is 73.3 Å². The van der Waals surface area contributed by atoms with Gasteiger partial charge in [0.05, 0.1) is 25.3 Å². The maximum Gasteiger partial charge on any atom is 0.410 e. The van der Waals surface area contributed by atoms with Crippen LogP contribution in [0, 0.1) is 13.8 Å². The third kappa shape index (κ3) is 13.7. The summed E-state index contributed by atoms with van der Waals surface area (Å²) in [6.45, 7) is 13.1. The van der Waals surface area contributed by atoms with Gasteiger partial charge in [-0.15, -0.1) is 0 Å². The molecule has 0 spiro atoms. The molecule has 1 aromatic heterocycles. The summed E-state index contributed by atoms with van der Waals surface area (Å²) in [5.41, 5.74) is 3.76. The van der Waals surface area contributed by atoms with E-state index in [4.69, 9.17) is 9.47 Å². The number of carbonyl (C=O) groups is 3. The van der Waals surface area contributed by atoms with Crippen molar-refractivity contribution >= 4 is 18.0 Å². The first-order chi connectivity index (χ1) is 20.8. The average Bonchev–Trinajstić information content (AvgIpc) is 2.95. The largest absolute Gasteiger partial charge is 0.466 e. The Labute approximate surface area is 260 Å². The quantitative estimate of drug-likeness (QED) is 0.239. The highest BCUT2D eigenvalue weighted by Gasteiger charge is 2.19. The Morgan fingerprint density at radius 2 is 1.64 bits per heavy atom. The Morgan fingerprint density at radius 3 is 2.30 bits per heavy atom. The van der Waals surface area contributed by atoms with Gasteiger partial charge in [-0.3, -0.25) is 14.4 Å². The SMILES string of the molecule is CCOC(=O)Cc1cccc(Cn2nc(C)ccc2=O)c1.Cc1ccc(C(=O)NCCCCN(C)C(=O)OC(C)(C)C)cc1. The monoisotopic (exact) mass is 606 g/mol. The molecule has 0 unspecified atom stereocenters. The fourth-order valence-electron chi connectivity index (χ4n) is 3.97. The molecule has 3 rings (SSSR count). The second-order valence-corrected chi connectivity index (χ2v) is 11.5. The minimum atomic E-state index is -0.479. The maximum atomic E-state index is 11.9. The average molecular weight is 607 g/mol. The summed E-state index contributed by atoms with van der Waals surface area (Å²) >= 11 is 0. The van der Waals surface area contributed by atoms with Gasteiger partial charge in [-0.25, -0.2) is 9.48 Å². The first kappa shape index (κ1) is 35.7. The molecule has 2 amide bonds. The number of aromatic nitrogens is 2. The van der Waals surface area contributed by atoms with E-state index in [2.05, 4.69) is 10.4 Å². The lowest BCUT2D eigenvalue weighted by Gasteiger charge is -2.24. The summed E-state index contributed by atoms with van der Waals surface area (Å²) < 4.78 is 11.6. The van der Waals surface area contributed by atoms with Crippen molar-refractivity contribution < 1.29 is 23.9 Å². The molecule has 0 atom stereocenters. The minimum absolute atomic E-state index is 0.0644. The lowest BCUT2D eigenvalue weighted by molar-refractivity contribution is -0.142. The zero-order valence-electron chi connectivity index (χ0n) is 27.0. The number of nitrogens with one attached hydrogen (secondary N) is 1. The van der Waals surface area contributed by atoms with Crippen molar-refractivity contribution in [3.63, 3.8) is 0 Å². The highest BCUT2D eigenvalue weighted by molar-refractivity contribution is 5.94. The zero-order chi connectivity index (χ0) is 32.7. The molecule has 0 radical (unpaired) electrons. The Hall–Kier alpha value is -4.47. The molecular weight excluding hydrogens is 560 g/mol. The second-order valence-electron chi connectivity index (χ2n) is 11.5. The first-order valence-corrected chi connectivity index (χ1v) is 14.8. The molecule has 0 fully saturated rings. The molecule has 10 nitrogen and oxygen atoms in total. The maximum absolute atomic E-state index is 11.9. The summed E-state index contributed by atoms with van der Waals surface area (Å²) in [4.78, 5) is 48.5. The van der Waals surface area contributed by atoms with Crippen LogP contribution in [0.2, 0.25) is 0 Å². The molecule has 0 aliphatic heterocycles. The van der Waals surface area contributed by atoms with Crippen molar-refractivity contribution in [2.45, 2.75) is 73.0 Å². The molecule has 1 N–H and O–H groups in total. The van der Waals surface area contributed by atoms with Crippen LogP contribution in [-0.4, -0.2) is 65.0 Å². The number of unbranched alkanes of at least 4 members (excludes halogenated alkanes) is 1. The molecule has 2 aromatic carbocycles. The van der Waals surface area contributed by atoms with E-state index in [1.165, 1.54) is 10.7 Å². The van der Waals surface area contributed by atoms with Crippen molar-refractivity contribution in [3.8, 4) is 0 Å². The summed E-state index contributed by atoms with van der Waals surface area (Å²) in [7, 11) is 1.72. The van der Waals surface area contributed by atoms with E-state index in [-0.39, 0.29) is 29.9 Å². The predicted octanol–water partition coefficient (Wildman–Crippen LogP) is 5.08. The number of hydrogen-bond donors (Lipinski definition) is 1. The molecular formula is C34H46N4O6. The van der Waals surface area contributed by atoms with Gasteiger partial charge < -0.3 is 19.7 Å². The molecule has 0 saturated carbocycles. The van der Waals surface area contributed by atoms with Gasteiger partial charge in [0.25, 0.3) is 11.5 Å². The molecule has 10 heteroatoms. The number of ether oxygens (including phenoxy) is 2. The van der Waals surface area contributed by atoms with Crippen molar-refractivity contribution in [1.29, 1.82) is 0 Å². The van der Waals surface area contributed by atoms with E-state index < -0.39 is 5.60 Å². The van der Waals surface area contributed by atoms with Gasteiger partial charge in [0, 0.05) is 31.8 Å². The van der Waals surface area contributed by atoms with E-state index in [0.717, 1.165) is 35.2 Å². The molecule has 1 heterocycles. The zero-order valence-corrected chi connectivity index (χ0v) is 27.0. The number of esters is 1. The molecule has 44 heavy (non-hydrogen) atoms. The fourth-order valence-corrected chi connectivity index (χ4v) is 3.97. The van der Waals surface area contributed by atoms with E-state index in [1.807, 2.05) is 83.1 Å². The smallest absolute Gasteiger partial charge is 0.410 e. The Kier molecular flexibility index (Phi) is 14.3. The third-order valence-electron chi connectivity index (χ3n) is 6.20. The van der Waals surface area contributed by atoms with Gasteiger partial charge in [-0.05, 0) is 83.7 Å². The van der Waals surface area contributed by atoms with Crippen LogP contribution in [0.4, 0.5) is 4.79 Å². The van der Waals surface area contributed by atoms with E-state index in [9.17, 15) is 19.2 Å². The molecule has 0 saturated heterocycles.